The van der Waals surface area contributed by atoms with Crippen molar-refractivity contribution < 1.29 is 4.79 Å². The lowest BCUT2D eigenvalue weighted by Crippen LogP contribution is -2.14. The minimum atomic E-state index is -0.0680. The summed E-state index contributed by atoms with van der Waals surface area (Å²) < 4.78 is 0. The topological polar surface area (TPSA) is 29.1 Å². The monoisotopic (exact) mass is 307 g/mol. The summed E-state index contributed by atoms with van der Waals surface area (Å²) in [4.78, 5) is 13.7. The average Bonchev–Trinajstić information content (AvgIpc) is 3.01. The molecule has 22 heavy (non-hydrogen) atoms. The Morgan fingerprint density at radius 3 is 2.55 bits per heavy atom. The number of anilines is 1. The van der Waals surface area contributed by atoms with Gasteiger partial charge in [-0.1, -0.05) is 42.0 Å². The van der Waals surface area contributed by atoms with Crippen LogP contribution < -0.4 is 5.32 Å². The minimum Gasteiger partial charge on any atom is -0.321 e. The van der Waals surface area contributed by atoms with E-state index in [9.17, 15) is 4.79 Å². The number of nitrogens with one attached hydrogen (secondary N) is 1. The van der Waals surface area contributed by atoms with Crippen LogP contribution in [0.25, 0.3) is 10.4 Å². The molecule has 1 heterocycles. The molecule has 0 atom stereocenters. The van der Waals surface area contributed by atoms with E-state index in [1.807, 2.05) is 67.8 Å². The molecule has 0 fully saturated rings. The van der Waals surface area contributed by atoms with E-state index < -0.39 is 0 Å². The van der Waals surface area contributed by atoms with Crippen LogP contribution in [0, 0.1) is 13.8 Å². The van der Waals surface area contributed by atoms with Crippen molar-refractivity contribution in [2.24, 2.45) is 0 Å². The van der Waals surface area contributed by atoms with Gasteiger partial charge in [-0.3, -0.25) is 4.79 Å². The molecule has 0 spiro atoms. The normalized spacial score (nSPS) is 10.5. The first-order chi connectivity index (χ1) is 10.6. The van der Waals surface area contributed by atoms with Crippen molar-refractivity contribution in [2.45, 2.75) is 13.8 Å². The molecule has 3 rings (SSSR count). The van der Waals surface area contributed by atoms with Crippen LogP contribution in [0.3, 0.4) is 0 Å². The third-order valence-corrected chi connectivity index (χ3v) is 4.49. The molecule has 0 aliphatic rings. The predicted octanol–water partition coefficient (Wildman–Crippen LogP) is 5.28. The second kappa shape index (κ2) is 6.16. The summed E-state index contributed by atoms with van der Waals surface area (Å²) in [6.45, 7) is 3.99. The zero-order chi connectivity index (χ0) is 15.5. The highest BCUT2D eigenvalue weighted by atomic mass is 32.1. The second-order valence-electron chi connectivity index (χ2n) is 5.30. The molecule has 3 heteroatoms. The maximum atomic E-state index is 12.6. The van der Waals surface area contributed by atoms with Crippen LogP contribution in [0.4, 0.5) is 5.69 Å². The van der Waals surface area contributed by atoms with Crippen LogP contribution in [0.15, 0.2) is 60.0 Å². The Kier molecular flexibility index (Phi) is 4.07. The highest BCUT2D eigenvalue weighted by Crippen LogP contribution is 2.31. The SMILES string of the molecule is Cc1ccc(C(=O)Nc2ccccc2-c2cccs2)c(C)c1. The van der Waals surface area contributed by atoms with Crippen LogP contribution in [0.2, 0.25) is 0 Å². The summed E-state index contributed by atoms with van der Waals surface area (Å²) in [5.74, 6) is -0.0680. The van der Waals surface area contributed by atoms with E-state index in [1.165, 1.54) is 0 Å². The molecule has 1 amide bonds. The summed E-state index contributed by atoms with van der Waals surface area (Å²) in [6.07, 6.45) is 0. The molecule has 0 aliphatic heterocycles. The third-order valence-electron chi connectivity index (χ3n) is 3.59. The Balaban J connectivity index is 1.92. The van der Waals surface area contributed by atoms with Gasteiger partial charge in [0, 0.05) is 21.7 Å². The van der Waals surface area contributed by atoms with Gasteiger partial charge >= 0.3 is 0 Å². The number of carbonyl (C=O) groups excluding carboxylic acids is 1. The van der Waals surface area contributed by atoms with Gasteiger partial charge in [0.2, 0.25) is 0 Å². The summed E-state index contributed by atoms with van der Waals surface area (Å²) >= 11 is 1.67. The number of hydrogen-bond donors (Lipinski definition) is 1. The minimum absolute atomic E-state index is 0.0680. The molecule has 0 unspecified atom stereocenters. The number of benzene rings is 2. The van der Waals surface area contributed by atoms with Crippen molar-refractivity contribution >= 4 is 22.9 Å². The number of thiophene rings is 1. The number of aryl methyl sites for hydroxylation is 2. The number of rotatable bonds is 3. The van der Waals surface area contributed by atoms with E-state index in [4.69, 9.17) is 0 Å². The van der Waals surface area contributed by atoms with Gasteiger partial charge in [0.1, 0.15) is 0 Å². The van der Waals surface area contributed by atoms with Crippen molar-refractivity contribution in [2.75, 3.05) is 5.32 Å². The van der Waals surface area contributed by atoms with Gasteiger partial charge in [0.15, 0.2) is 0 Å². The lowest BCUT2D eigenvalue weighted by molar-refractivity contribution is 0.102. The Hall–Kier alpha value is -2.39. The smallest absolute Gasteiger partial charge is 0.255 e. The van der Waals surface area contributed by atoms with Crippen LogP contribution in [-0.2, 0) is 0 Å². The highest BCUT2D eigenvalue weighted by Gasteiger charge is 2.12. The van der Waals surface area contributed by atoms with Crippen molar-refractivity contribution in [1.82, 2.24) is 0 Å². The van der Waals surface area contributed by atoms with Gasteiger partial charge in [0.25, 0.3) is 5.91 Å². The van der Waals surface area contributed by atoms with Gasteiger partial charge in [-0.2, -0.15) is 0 Å². The van der Waals surface area contributed by atoms with Gasteiger partial charge in [0.05, 0.1) is 0 Å². The number of para-hydroxylation sites is 1. The predicted molar refractivity (Wildman–Crippen MR) is 93.6 cm³/mol. The van der Waals surface area contributed by atoms with Crippen molar-refractivity contribution in [3.05, 3.63) is 76.7 Å². The lowest BCUT2D eigenvalue weighted by Gasteiger charge is -2.11. The molecule has 2 aromatic carbocycles. The van der Waals surface area contributed by atoms with E-state index >= 15 is 0 Å². The first-order valence-corrected chi connectivity index (χ1v) is 8.04. The first-order valence-electron chi connectivity index (χ1n) is 7.16. The third kappa shape index (κ3) is 2.95. The van der Waals surface area contributed by atoms with E-state index in [1.54, 1.807) is 11.3 Å². The van der Waals surface area contributed by atoms with E-state index in [2.05, 4.69) is 11.4 Å². The number of hydrogen-bond acceptors (Lipinski definition) is 2. The molecule has 3 aromatic rings. The number of amides is 1. The maximum Gasteiger partial charge on any atom is 0.255 e. The molecule has 0 aliphatic carbocycles. The van der Waals surface area contributed by atoms with E-state index in [0.717, 1.165) is 27.3 Å². The Morgan fingerprint density at radius 1 is 1.00 bits per heavy atom. The lowest BCUT2D eigenvalue weighted by atomic mass is 10.0. The van der Waals surface area contributed by atoms with Crippen LogP contribution in [0.5, 0.6) is 0 Å². The molecule has 0 bridgehead atoms. The molecule has 2 nitrogen and oxygen atoms in total. The van der Waals surface area contributed by atoms with Crippen LogP contribution in [-0.4, -0.2) is 5.91 Å². The maximum absolute atomic E-state index is 12.6. The molecule has 0 radical (unpaired) electrons. The molecular formula is C19H17NOS. The van der Waals surface area contributed by atoms with Gasteiger partial charge < -0.3 is 5.32 Å². The van der Waals surface area contributed by atoms with Crippen molar-refractivity contribution in [1.29, 1.82) is 0 Å². The van der Waals surface area contributed by atoms with Crippen LogP contribution in [0.1, 0.15) is 21.5 Å². The molecule has 110 valence electrons. The van der Waals surface area contributed by atoms with Crippen molar-refractivity contribution in [3.8, 4) is 10.4 Å². The summed E-state index contributed by atoms with van der Waals surface area (Å²) in [5.41, 5.74) is 4.76. The fourth-order valence-electron chi connectivity index (χ4n) is 2.50. The Bertz CT molecular complexity index is 806. The summed E-state index contributed by atoms with van der Waals surface area (Å²) in [6, 6.07) is 17.9. The Morgan fingerprint density at radius 2 is 1.82 bits per heavy atom. The second-order valence-corrected chi connectivity index (χ2v) is 6.24. The molecule has 1 N–H and O–H groups in total. The molecule has 0 saturated carbocycles. The standard InChI is InChI=1S/C19H17NOS/c1-13-9-10-15(14(2)12-13)19(21)20-17-7-4-3-6-16(17)18-8-5-11-22-18/h3-12H,1-2H3,(H,20,21). The first kappa shape index (κ1) is 14.5. The summed E-state index contributed by atoms with van der Waals surface area (Å²) in [7, 11) is 0. The van der Waals surface area contributed by atoms with Crippen LogP contribution >= 0.6 is 11.3 Å². The fraction of sp³-hybridized carbons (Fsp3) is 0.105. The highest BCUT2D eigenvalue weighted by molar-refractivity contribution is 7.13. The summed E-state index contributed by atoms with van der Waals surface area (Å²) in [5, 5.41) is 5.08. The van der Waals surface area contributed by atoms with Gasteiger partial charge in [-0.05, 0) is 43.0 Å². The average molecular weight is 307 g/mol. The van der Waals surface area contributed by atoms with Gasteiger partial charge in [-0.25, -0.2) is 0 Å². The quantitative estimate of drug-likeness (QED) is 0.700. The Labute approximate surface area is 134 Å². The zero-order valence-electron chi connectivity index (χ0n) is 12.6. The molecular weight excluding hydrogens is 290 g/mol. The van der Waals surface area contributed by atoms with E-state index in [-0.39, 0.29) is 5.91 Å². The largest absolute Gasteiger partial charge is 0.321 e. The number of carbonyl (C=O) groups is 1. The molecule has 1 aromatic heterocycles. The fourth-order valence-corrected chi connectivity index (χ4v) is 3.26. The van der Waals surface area contributed by atoms with E-state index in [0.29, 0.717) is 5.56 Å². The van der Waals surface area contributed by atoms with Crippen molar-refractivity contribution in [3.63, 3.8) is 0 Å². The zero-order valence-corrected chi connectivity index (χ0v) is 13.4. The van der Waals surface area contributed by atoms with Gasteiger partial charge in [-0.15, -0.1) is 11.3 Å². The molecule has 0 saturated heterocycles.